The zero-order valence-electron chi connectivity index (χ0n) is 25.1. The number of hydrogen-bond acceptors (Lipinski definition) is 5. The third kappa shape index (κ3) is 15.6. The van der Waals surface area contributed by atoms with Crippen LogP contribution in [0.4, 0.5) is 0 Å². The van der Waals surface area contributed by atoms with E-state index in [-0.39, 0.29) is 18.0 Å². The fraction of sp³-hybridized carbons (Fsp3) is 0.543. The maximum atomic E-state index is 11.7. The number of esters is 2. The van der Waals surface area contributed by atoms with E-state index in [2.05, 4.69) is 66.4 Å². The van der Waals surface area contributed by atoms with Gasteiger partial charge in [-0.3, -0.25) is 14.5 Å². The van der Waals surface area contributed by atoms with Crippen molar-refractivity contribution in [2.45, 2.75) is 111 Å². The smallest absolute Gasteiger partial charge is 0.302 e. The van der Waals surface area contributed by atoms with Crippen molar-refractivity contribution in [2.75, 3.05) is 13.2 Å². The Morgan fingerprint density at radius 1 is 0.725 bits per heavy atom. The highest BCUT2D eigenvalue weighted by atomic mass is 16.5. The van der Waals surface area contributed by atoms with Crippen LogP contribution < -0.4 is 0 Å². The Balaban J connectivity index is 2.18. The molecule has 5 heteroatoms. The summed E-state index contributed by atoms with van der Waals surface area (Å²) >= 11 is 0. The van der Waals surface area contributed by atoms with Gasteiger partial charge in [-0.05, 0) is 29.5 Å². The molecule has 40 heavy (non-hydrogen) atoms. The summed E-state index contributed by atoms with van der Waals surface area (Å²) in [5.74, 6) is -0.532. The van der Waals surface area contributed by atoms with Crippen LogP contribution in [0.3, 0.4) is 0 Å². The van der Waals surface area contributed by atoms with E-state index in [9.17, 15) is 9.59 Å². The molecule has 0 bridgehead atoms. The fourth-order valence-corrected chi connectivity index (χ4v) is 4.95. The normalized spacial score (nSPS) is 12.3. The van der Waals surface area contributed by atoms with E-state index in [1.54, 1.807) is 0 Å². The molecule has 0 aliphatic carbocycles. The minimum atomic E-state index is -0.268. The lowest BCUT2D eigenvalue weighted by molar-refractivity contribution is -0.141. The second-order valence-electron chi connectivity index (χ2n) is 10.8. The molecule has 0 aromatic heterocycles. The molecule has 5 nitrogen and oxygen atoms in total. The lowest BCUT2D eigenvalue weighted by atomic mass is 10.0. The molecule has 0 unspecified atom stereocenters. The Morgan fingerprint density at radius 3 is 1.73 bits per heavy atom. The van der Waals surface area contributed by atoms with E-state index in [4.69, 9.17) is 9.47 Å². The minimum Gasteiger partial charge on any atom is -0.466 e. The number of benzene rings is 2. The molecule has 0 radical (unpaired) electrons. The van der Waals surface area contributed by atoms with Gasteiger partial charge in [-0.25, -0.2) is 0 Å². The molecule has 0 aliphatic rings. The Morgan fingerprint density at radius 2 is 1.23 bits per heavy atom. The van der Waals surface area contributed by atoms with Gasteiger partial charge in [-0.1, -0.05) is 125 Å². The van der Waals surface area contributed by atoms with Gasteiger partial charge in [0, 0.05) is 39.4 Å². The van der Waals surface area contributed by atoms with Crippen LogP contribution in [0, 0.1) is 0 Å². The first kappa shape index (κ1) is 33.3. The van der Waals surface area contributed by atoms with Crippen molar-refractivity contribution < 1.29 is 19.1 Å². The molecule has 220 valence electrons. The van der Waals surface area contributed by atoms with Gasteiger partial charge < -0.3 is 9.47 Å². The van der Waals surface area contributed by atoms with Crippen LogP contribution in [-0.2, 0) is 32.2 Å². The van der Waals surface area contributed by atoms with Crippen LogP contribution in [-0.4, -0.2) is 36.1 Å². The molecular formula is C35H51NO4. The molecule has 0 N–H and O–H groups in total. The molecule has 0 fully saturated rings. The topological polar surface area (TPSA) is 55.8 Å². The Bertz CT molecular complexity index is 932. The first-order valence-corrected chi connectivity index (χ1v) is 15.3. The third-order valence-corrected chi connectivity index (χ3v) is 7.14. The number of ether oxygens (including phenoxy) is 2. The van der Waals surface area contributed by atoms with E-state index in [0.29, 0.717) is 19.6 Å². The van der Waals surface area contributed by atoms with Gasteiger partial charge >= 0.3 is 11.9 Å². The van der Waals surface area contributed by atoms with Gasteiger partial charge in [-0.2, -0.15) is 0 Å². The average molecular weight is 550 g/mol. The SMILES string of the molecule is CCCCCCCCCCC/C(=C\[C@@H](CCOC(C)=O)N(Cc1ccccc1)Cc1ccccc1)COC(C)=O. The van der Waals surface area contributed by atoms with Crippen molar-refractivity contribution in [1.29, 1.82) is 0 Å². The maximum absolute atomic E-state index is 11.7. The second-order valence-corrected chi connectivity index (χ2v) is 10.8. The van der Waals surface area contributed by atoms with Gasteiger partial charge in [0.2, 0.25) is 0 Å². The van der Waals surface area contributed by atoms with Crippen LogP contribution in [0.2, 0.25) is 0 Å². The predicted octanol–water partition coefficient (Wildman–Crippen LogP) is 8.42. The summed E-state index contributed by atoms with van der Waals surface area (Å²) in [4.78, 5) is 25.7. The Kier molecular flexibility index (Phi) is 17.4. The minimum absolute atomic E-state index is 0.0175. The average Bonchev–Trinajstić information content (AvgIpc) is 2.94. The first-order chi connectivity index (χ1) is 19.5. The van der Waals surface area contributed by atoms with Gasteiger partial charge in [0.25, 0.3) is 0 Å². The molecule has 1 atom stereocenters. The Hall–Kier alpha value is -2.92. The van der Waals surface area contributed by atoms with Crippen molar-refractivity contribution in [3.05, 3.63) is 83.4 Å². The van der Waals surface area contributed by atoms with Crippen LogP contribution in [0.15, 0.2) is 72.3 Å². The molecule has 0 aliphatic heterocycles. The molecule has 0 amide bonds. The lowest BCUT2D eigenvalue weighted by Gasteiger charge is -2.31. The highest BCUT2D eigenvalue weighted by molar-refractivity contribution is 5.66. The molecule has 0 spiro atoms. The van der Waals surface area contributed by atoms with Crippen molar-refractivity contribution in [2.24, 2.45) is 0 Å². The molecule has 2 rings (SSSR count). The summed E-state index contributed by atoms with van der Waals surface area (Å²) in [5, 5.41) is 0. The van der Waals surface area contributed by atoms with Crippen LogP contribution in [0.25, 0.3) is 0 Å². The van der Waals surface area contributed by atoms with Crippen molar-refractivity contribution in [3.8, 4) is 0 Å². The zero-order chi connectivity index (χ0) is 28.8. The highest BCUT2D eigenvalue weighted by Crippen LogP contribution is 2.21. The lowest BCUT2D eigenvalue weighted by Crippen LogP contribution is -2.34. The van der Waals surface area contributed by atoms with Crippen molar-refractivity contribution >= 4 is 11.9 Å². The van der Waals surface area contributed by atoms with Gasteiger partial charge in [0.05, 0.1) is 6.61 Å². The predicted molar refractivity (Wildman–Crippen MR) is 164 cm³/mol. The standard InChI is InChI=1S/C35H51NO4/c1-4-5-6-7-8-9-10-11-14-23-34(29-40-31(3)38)26-35(24-25-39-30(2)37)36(27-32-19-15-12-16-20-32)28-33-21-17-13-18-22-33/h12-13,15-22,26,35H,4-11,14,23-25,27-29H2,1-3H3/b34-26+/t35-/m1/s1. The molecular weight excluding hydrogens is 498 g/mol. The van der Waals surface area contributed by atoms with Gasteiger partial charge in [0.15, 0.2) is 0 Å². The molecule has 2 aromatic carbocycles. The van der Waals surface area contributed by atoms with E-state index in [1.165, 1.54) is 76.3 Å². The highest BCUT2D eigenvalue weighted by Gasteiger charge is 2.19. The summed E-state index contributed by atoms with van der Waals surface area (Å²) in [6, 6.07) is 20.9. The molecule has 0 saturated heterocycles. The third-order valence-electron chi connectivity index (χ3n) is 7.14. The summed E-state index contributed by atoms with van der Waals surface area (Å²) in [6.45, 7) is 7.34. The number of hydrogen-bond donors (Lipinski definition) is 0. The van der Waals surface area contributed by atoms with E-state index in [1.807, 2.05) is 12.1 Å². The Labute approximate surface area is 243 Å². The zero-order valence-corrected chi connectivity index (χ0v) is 25.1. The van der Waals surface area contributed by atoms with Gasteiger partial charge in [-0.15, -0.1) is 0 Å². The maximum Gasteiger partial charge on any atom is 0.302 e. The number of rotatable bonds is 21. The monoisotopic (exact) mass is 549 g/mol. The van der Waals surface area contributed by atoms with Crippen LogP contribution in [0.5, 0.6) is 0 Å². The molecule has 0 saturated carbocycles. The number of carbonyl (C=O) groups excluding carboxylic acids is 2. The van der Waals surface area contributed by atoms with Crippen LogP contribution in [0.1, 0.15) is 103 Å². The number of unbranched alkanes of at least 4 members (excludes halogenated alkanes) is 8. The molecule has 2 aromatic rings. The number of carbonyl (C=O) groups is 2. The summed E-state index contributed by atoms with van der Waals surface area (Å²) < 4.78 is 10.9. The quantitative estimate of drug-likeness (QED) is 0.0888. The van der Waals surface area contributed by atoms with E-state index < -0.39 is 0 Å². The van der Waals surface area contributed by atoms with E-state index in [0.717, 1.165) is 31.5 Å². The first-order valence-electron chi connectivity index (χ1n) is 15.3. The second kappa shape index (κ2) is 20.9. The summed E-state index contributed by atoms with van der Waals surface area (Å²) in [5.41, 5.74) is 3.59. The molecule has 0 heterocycles. The summed E-state index contributed by atoms with van der Waals surface area (Å²) in [7, 11) is 0. The fourth-order valence-electron chi connectivity index (χ4n) is 4.95. The van der Waals surface area contributed by atoms with Gasteiger partial charge in [0.1, 0.15) is 6.61 Å². The summed E-state index contributed by atoms with van der Waals surface area (Å²) in [6.07, 6.45) is 15.3. The number of nitrogens with zero attached hydrogens (tertiary/aromatic N) is 1. The van der Waals surface area contributed by atoms with Crippen LogP contribution >= 0.6 is 0 Å². The largest absolute Gasteiger partial charge is 0.466 e. The van der Waals surface area contributed by atoms with Crippen molar-refractivity contribution in [3.63, 3.8) is 0 Å². The van der Waals surface area contributed by atoms with Crippen molar-refractivity contribution in [1.82, 2.24) is 4.90 Å². The van der Waals surface area contributed by atoms with E-state index >= 15 is 0 Å².